The van der Waals surface area contributed by atoms with Crippen LogP contribution in [0.1, 0.15) is 24.9 Å². The number of rotatable bonds is 4. The first-order chi connectivity index (χ1) is 10.7. The fourth-order valence-corrected chi connectivity index (χ4v) is 2.64. The molecule has 2 amide bonds. The molecule has 6 heteroatoms. The second-order valence-corrected chi connectivity index (χ2v) is 5.71. The van der Waals surface area contributed by atoms with Crippen molar-refractivity contribution < 1.29 is 19.0 Å². The summed E-state index contributed by atoms with van der Waals surface area (Å²) in [4.78, 5) is 12.0. The van der Waals surface area contributed by atoms with Gasteiger partial charge in [0.1, 0.15) is 13.2 Å². The highest BCUT2D eigenvalue weighted by Gasteiger charge is 2.18. The molecule has 3 rings (SSSR count). The second-order valence-electron chi connectivity index (χ2n) is 5.71. The van der Waals surface area contributed by atoms with Gasteiger partial charge in [0.05, 0.1) is 12.6 Å². The molecule has 2 unspecified atom stereocenters. The number of ether oxygens (including phenoxy) is 3. The Bertz CT molecular complexity index is 529. The van der Waals surface area contributed by atoms with Crippen molar-refractivity contribution >= 4 is 6.03 Å². The Balaban J connectivity index is 1.52. The van der Waals surface area contributed by atoms with Crippen LogP contribution in [0.2, 0.25) is 0 Å². The van der Waals surface area contributed by atoms with Gasteiger partial charge in [0.2, 0.25) is 0 Å². The van der Waals surface area contributed by atoms with E-state index in [1.165, 1.54) is 0 Å². The molecule has 2 N–H and O–H groups in total. The lowest BCUT2D eigenvalue weighted by atomic mass is 10.1. The van der Waals surface area contributed by atoms with E-state index in [1.54, 1.807) is 0 Å². The molecule has 0 aromatic heterocycles. The van der Waals surface area contributed by atoms with Crippen LogP contribution in [0.25, 0.3) is 0 Å². The molecule has 0 aliphatic carbocycles. The van der Waals surface area contributed by atoms with Crippen LogP contribution in [-0.4, -0.2) is 39.0 Å². The number of benzene rings is 1. The summed E-state index contributed by atoms with van der Waals surface area (Å²) in [5, 5.41) is 5.84. The zero-order valence-corrected chi connectivity index (χ0v) is 12.8. The number of amides is 2. The maximum atomic E-state index is 12.0. The van der Waals surface area contributed by atoms with E-state index in [-0.39, 0.29) is 12.1 Å². The van der Waals surface area contributed by atoms with Crippen LogP contribution in [0.3, 0.4) is 0 Å². The molecule has 0 bridgehead atoms. The number of carbonyl (C=O) groups is 1. The molecule has 0 spiro atoms. The van der Waals surface area contributed by atoms with Crippen LogP contribution < -0.4 is 20.1 Å². The van der Waals surface area contributed by atoms with E-state index in [2.05, 4.69) is 10.6 Å². The lowest BCUT2D eigenvalue weighted by molar-refractivity contribution is 0.171. The van der Waals surface area contributed by atoms with E-state index in [9.17, 15) is 4.79 Å². The standard InChI is InChI=1S/C16H22N2O4/c1-11(18-16(19)17-9-12-4-5-20-10-12)13-2-3-14-15(8-13)22-7-6-21-14/h2-3,8,11-12H,4-7,9-10H2,1H3,(H2,17,18,19). The van der Waals surface area contributed by atoms with Crippen molar-refractivity contribution in [2.75, 3.05) is 33.0 Å². The van der Waals surface area contributed by atoms with Crippen molar-refractivity contribution in [2.24, 2.45) is 5.92 Å². The molecule has 2 aliphatic rings. The summed E-state index contributed by atoms with van der Waals surface area (Å²) in [5.41, 5.74) is 0.989. The normalized spacial score (nSPS) is 21.2. The lowest BCUT2D eigenvalue weighted by Crippen LogP contribution is -2.39. The summed E-state index contributed by atoms with van der Waals surface area (Å²) in [5.74, 6) is 1.92. The third kappa shape index (κ3) is 3.62. The van der Waals surface area contributed by atoms with Crippen molar-refractivity contribution in [3.05, 3.63) is 23.8 Å². The molecule has 2 aliphatic heterocycles. The minimum atomic E-state index is -0.158. The number of nitrogens with one attached hydrogen (secondary N) is 2. The van der Waals surface area contributed by atoms with E-state index >= 15 is 0 Å². The average molecular weight is 306 g/mol. The van der Waals surface area contributed by atoms with Crippen LogP contribution in [0, 0.1) is 5.92 Å². The van der Waals surface area contributed by atoms with Gasteiger partial charge in [0, 0.05) is 19.1 Å². The van der Waals surface area contributed by atoms with Gasteiger partial charge in [-0.1, -0.05) is 6.07 Å². The molecular formula is C16H22N2O4. The van der Waals surface area contributed by atoms with Crippen molar-refractivity contribution in [1.29, 1.82) is 0 Å². The van der Waals surface area contributed by atoms with Crippen LogP contribution in [0.15, 0.2) is 18.2 Å². The maximum Gasteiger partial charge on any atom is 0.315 e. The molecule has 22 heavy (non-hydrogen) atoms. The van der Waals surface area contributed by atoms with Gasteiger partial charge in [-0.2, -0.15) is 0 Å². The van der Waals surface area contributed by atoms with Gasteiger partial charge in [-0.25, -0.2) is 4.79 Å². The fourth-order valence-electron chi connectivity index (χ4n) is 2.64. The van der Waals surface area contributed by atoms with E-state index < -0.39 is 0 Å². The molecule has 0 radical (unpaired) electrons. The van der Waals surface area contributed by atoms with Gasteiger partial charge < -0.3 is 24.8 Å². The largest absolute Gasteiger partial charge is 0.486 e. The summed E-state index contributed by atoms with van der Waals surface area (Å²) < 4.78 is 16.4. The first kappa shape index (κ1) is 15.0. The van der Waals surface area contributed by atoms with Crippen LogP contribution in [-0.2, 0) is 4.74 Å². The van der Waals surface area contributed by atoms with Crippen molar-refractivity contribution in [3.8, 4) is 11.5 Å². The SMILES string of the molecule is CC(NC(=O)NCC1CCOC1)c1ccc2c(c1)OCCO2. The number of hydrogen-bond acceptors (Lipinski definition) is 4. The quantitative estimate of drug-likeness (QED) is 0.891. The summed E-state index contributed by atoms with van der Waals surface area (Å²) in [6.07, 6.45) is 1.01. The smallest absolute Gasteiger partial charge is 0.315 e. The third-order valence-corrected chi connectivity index (χ3v) is 3.99. The Morgan fingerprint density at radius 1 is 1.27 bits per heavy atom. The van der Waals surface area contributed by atoms with Crippen molar-refractivity contribution in [1.82, 2.24) is 10.6 Å². The van der Waals surface area contributed by atoms with Crippen molar-refractivity contribution in [3.63, 3.8) is 0 Å². The first-order valence-corrected chi connectivity index (χ1v) is 7.74. The molecule has 120 valence electrons. The molecule has 0 saturated carbocycles. The fraction of sp³-hybridized carbons (Fsp3) is 0.562. The van der Waals surface area contributed by atoms with Gasteiger partial charge in [-0.05, 0) is 31.0 Å². The molecule has 1 fully saturated rings. The highest BCUT2D eigenvalue weighted by atomic mass is 16.6. The summed E-state index contributed by atoms with van der Waals surface area (Å²) in [7, 11) is 0. The van der Waals surface area contributed by atoms with Crippen LogP contribution in [0.4, 0.5) is 4.79 Å². The zero-order valence-electron chi connectivity index (χ0n) is 12.8. The Kier molecular flexibility index (Phi) is 4.68. The molecule has 1 aromatic rings. The Hall–Kier alpha value is -1.95. The summed E-state index contributed by atoms with van der Waals surface area (Å²) in [6.45, 7) is 5.26. The summed E-state index contributed by atoms with van der Waals surface area (Å²) in [6, 6.07) is 5.49. The Morgan fingerprint density at radius 3 is 2.86 bits per heavy atom. The molecule has 1 saturated heterocycles. The Morgan fingerprint density at radius 2 is 2.09 bits per heavy atom. The van der Waals surface area contributed by atoms with Gasteiger partial charge in [0.15, 0.2) is 11.5 Å². The average Bonchev–Trinajstić information content (AvgIpc) is 3.06. The highest BCUT2D eigenvalue weighted by Crippen LogP contribution is 2.32. The van der Waals surface area contributed by atoms with E-state index in [1.807, 2.05) is 25.1 Å². The lowest BCUT2D eigenvalue weighted by Gasteiger charge is -2.21. The predicted molar refractivity (Wildman–Crippen MR) is 81.3 cm³/mol. The van der Waals surface area contributed by atoms with Gasteiger partial charge in [-0.3, -0.25) is 0 Å². The predicted octanol–water partition coefficient (Wildman–Crippen LogP) is 1.85. The molecular weight excluding hydrogens is 284 g/mol. The maximum absolute atomic E-state index is 12.0. The molecule has 2 heterocycles. The molecule has 6 nitrogen and oxygen atoms in total. The monoisotopic (exact) mass is 306 g/mol. The second kappa shape index (κ2) is 6.87. The topological polar surface area (TPSA) is 68.8 Å². The van der Waals surface area contributed by atoms with E-state index in [0.717, 1.165) is 36.7 Å². The molecule has 2 atom stereocenters. The number of carbonyl (C=O) groups excluding carboxylic acids is 1. The third-order valence-electron chi connectivity index (χ3n) is 3.99. The molecule has 1 aromatic carbocycles. The minimum absolute atomic E-state index is 0.101. The first-order valence-electron chi connectivity index (χ1n) is 7.74. The minimum Gasteiger partial charge on any atom is -0.486 e. The van der Waals surface area contributed by atoms with Gasteiger partial charge >= 0.3 is 6.03 Å². The summed E-state index contributed by atoms with van der Waals surface area (Å²) >= 11 is 0. The Labute approximate surface area is 130 Å². The van der Waals surface area contributed by atoms with Crippen LogP contribution in [0.5, 0.6) is 11.5 Å². The number of hydrogen-bond donors (Lipinski definition) is 2. The number of fused-ring (bicyclic) bond motifs is 1. The van der Waals surface area contributed by atoms with Crippen LogP contribution >= 0.6 is 0 Å². The zero-order chi connectivity index (χ0) is 15.4. The van der Waals surface area contributed by atoms with Gasteiger partial charge in [0.25, 0.3) is 0 Å². The highest BCUT2D eigenvalue weighted by molar-refractivity contribution is 5.74. The van der Waals surface area contributed by atoms with Crippen molar-refractivity contribution in [2.45, 2.75) is 19.4 Å². The number of urea groups is 1. The van der Waals surface area contributed by atoms with Gasteiger partial charge in [-0.15, -0.1) is 0 Å². The van der Waals surface area contributed by atoms with E-state index in [4.69, 9.17) is 14.2 Å². The van der Waals surface area contributed by atoms with E-state index in [0.29, 0.717) is 25.7 Å².